The van der Waals surface area contributed by atoms with Gasteiger partial charge in [-0.1, -0.05) is 42.5 Å². The third-order valence-corrected chi connectivity index (χ3v) is 7.55. The fraction of sp³-hybridized carbons (Fsp3) is 0.0857. The molecule has 6 aromatic rings. The number of fused-ring (bicyclic) bond motifs is 2. The Morgan fingerprint density at radius 2 is 1.81 bits per heavy atom. The molecule has 4 N–H and O–H groups in total. The van der Waals surface area contributed by atoms with Gasteiger partial charge in [0.05, 0.1) is 6.20 Å². The highest BCUT2D eigenvalue weighted by Crippen LogP contribution is 2.37. The standard InChI is InChI=1S/C35H29N5O2/c36-27(15-26-19-38-33-9-5-4-8-30(26)33)22-42-29-16-25(18-37-20-29)24-10-11-34-31(17-24)32(35(41)39-34)14-23-12-13-40(21-23)28-6-2-1-3-7-28/h1-14,16-21,27,38H,15,22,36H2,(H,39,41)/t27-/m1/s1. The number of aromatic amines is 1. The second-order valence-electron chi connectivity index (χ2n) is 10.5. The zero-order valence-electron chi connectivity index (χ0n) is 22.8. The molecule has 0 saturated heterocycles. The number of anilines is 1. The van der Waals surface area contributed by atoms with Crippen LogP contribution in [0.3, 0.4) is 0 Å². The van der Waals surface area contributed by atoms with Crippen LogP contribution in [0.1, 0.15) is 16.7 Å². The number of amides is 1. The number of rotatable bonds is 8. The van der Waals surface area contributed by atoms with Crippen LogP contribution in [0.5, 0.6) is 5.75 Å². The predicted octanol–water partition coefficient (Wildman–Crippen LogP) is 6.46. The maximum absolute atomic E-state index is 12.9. The van der Waals surface area contributed by atoms with Crippen LogP contribution in [0.25, 0.3) is 39.4 Å². The van der Waals surface area contributed by atoms with Gasteiger partial charge in [0.2, 0.25) is 0 Å². The molecule has 0 saturated carbocycles. The number of carbonyl (C=O) groups excluding carboxylic acids is 1. The average molecular weight is 552 g/mol. The summed E-state index contributed by atoms with van der Waals surface area (Å²) >= 11 is 0. The molecule has 42 heavy (non-hydrogen) atoms. The first kappa shape index (κ1) is 25.6. The first-order valence-electron chi connectivity index (χ1n) is 13.9. The molecule has 1 aliphatic rings. The van der Waals surface area contributed by atoms with Gasteiger partial charge < -0.3 is 25.3 Å². The van der Waals surface area contributed by atoms with E-state index in [-0.39, 0.29) is 11.9 Å². The van der Waals surface area contributed by atoms with Crippen LogP contribution in [0.2, 0.25) is 0 Å². The minimum Gasteiger partial charge on any atom is -0.490 e. The summed E-state index contributed by atoms with van der Waals surface area (Å²) in [7, 11) is 0. The van der Waals surface area contributed by atoms with E-state index in [4.69, 9.17) is 10.5 Å². The summed E-state index contributed by atoms with van der Waals surface area (Å²) < 4.78 is 8.10. The molecule has 0 radical (unpaired) electrons. The van der Waals surface area contributed by atoms with E-state index in [1.165, 1.54) is 10.9 Å². The van der Waals surface area contributed by atoms with Crippen molar-refractivity contribution in [2.24, 2.45) is 5.73 Å². The van der Waals surface area contributed by atoms with Crippen LogP contribution in [0, 0.1) is 0 Å². The number of aromatic nitrogens is 3. The van der Waals surface area contributed by atoms with Gasteiger partial charge in [-0.15, -0.1) is 0 Å². The summed E-state index contributed by atoms with van der Waals surface area (Å²) in [5, 5.41) is 4.17. The molecular weight excluding hydrogens is 522 g/mol. The summed E-state index contributed by atoms with van der Waals surface area (Å²) in [4.78, 5) is 20.6. The summed E-state index contributed by atoms with van der Waals surface area (Å²) in [6.45, 7) is 0.364. The van der Waals surface area contributed by atoms with Crippen LogP contribution >= 0.6 is 0 Å². The van der Waals surface area contributed by atoms with E-state index in [1.54, 1.807) is 12.4 Å². The van der Waals surface area contributed by atoms with Crippen molar-refractivity contribution in [1.29, 1.82) is 0 Å². The van der Waals surface area contributed by atoms with Crippen molar-refractivity contribution in [2.45, 2.75) is 12.5 Å². The van der Waals surface area contributed by atoms with E-state index in [0.29, 0.717) is 24.4 Å². The fourth-order valence-electron chi connectivity index (χ4n) is 5.44. The number of H-pyrrole nitrogens is 1. The number of para-hydroxylation sites is 2. The lowest BCUT2D eigenvalue weighted by Crippen LogP contribution is -2.30. The van der Waals surface area contributed by atoms with Gasteiger partial charge in [-0.05, 0) is 71.7 Å². The largest absolute Gasteiger partial charge is 0.490 e. The van der Waals surface area contributed by atoms with Crippen molar-refractivity contribution in [3.05, 3.63) is 133 Å². The fourth-order valence-corrected chi connectivity index (χ4v) is 5.44. The summed E-state index contributed by atoms with van der Waals surface area (Å²) in [5.74, 6) is 0.531. The van der Waals surface area contributed by atoms with E-state index < -0.39 is 0 Å². The second-order valence-corrected chi connectivity index (χ2v) is 10.5. The highest BCUT2D eigenvalue weighted by molar-refractivity contribution is 6.35. The molecule has 7 nitrogen and oxygen atoms in total. The Morgan fingerprint density at radius 1 is 0.952 bits per heavy atom. The molecular formula is C35H29N5O2. The van der Waals surface area contributed by atoms with E-state index in [0.717, 1.165) is 39.1 Å². The summed E-state index contributed by atoms with van der Waals surface area (Å²) in [5.41, 5.74) is 14.8. The number of hydrogen-bond donors (Lipinski definition) is 3. The van der Waals surface area contributed by atoms with Crippen molar-refractivity contribution in [3.63, 3.8) is 0 Å². The highest BCUT2D eigenvalue weighted by Gasteiger charge is 2.25. The number of hydrogen-bond acceptors (Lipinski definition) is 4. The molecule has 1 aliphatic heterocycles. The van der Waals surface area contributed by atoms with Gasteiger partial charge >= 0.3 is 0 Å². The van der Waals surface area contributed by atoms with Crippen LogP contribution in [-0.4, -0.2) is 33.1 Å². The number of benzene rings is 3. The van der Waals surface area contributed by atoms with Crippen molar-refractivity contribution < 1.29 is 9.53 Å². The molecule has 0 fully saturated rings. The smallest absolute Gasteiger partial charge is 0.256 e. The van der Waals surface area contributed by atoms with Crippen LogP contribution in [0.15, 0.2) is 116 Å². The summed E-state index contributed by atoms with van der Waals surface area (Å²) in [6, 6.07) is 28.0. The third-order valence-electron chi connectivity index (χ3n) is 7.55. The predicted molar refractivity (Wildman–Crippen MR) is 167 cm³/mol. The normalized spacial score (nSPS) is 14.2. The van der Waals surface area contributed by atoms with Crippen molar-refractivity contribution in [3.8, 4) is 22.6 Å². The first-order valence-corrected chi connectivity index (χ1v) is 13.9. The van der Waals surface area contributed by atoms with E-state index in [1.807, 2.05) is 102 Å². The lowest BCUT2D eigenvalue weighted by atomic mass is 9.99. The molecule has 7 rings (SSSR count). The number of carbonyl (C=O) groups is 1. The van der Waals surface area contributed by atoms with Crippen LogP contribution < -0.4 is 15.8 Å². The van der Waals surface area contributed by atoms with Gasteiger partial charge in [-0.25, -0.2) is 0 Å². The minimum absolute atomic E-state index is 0.117. The van der Waals surface area contributed by atoms with Gasteiger partial charge in [0, 0.05) is 69.8 Å². The highest BCUT2D eigenvalue weighted by atomic mass is 16.5. The van der Waals surface area contributed by atoms with Gasteiger partial charge in [0.25, 0.3) is 5.91 Å². The minimum atomic E-state index is -0.172. The van der Waals surface area contributed by atoms with Gasteiger partial charge in [0.15, 0.2) is 0 Å². The maximum Gasteiger partial charge on any atom is 0.256 e. The Morgan fingerprint density at radius 3 is 2.71 bits per heavy atom. The molecule has 4 heterocycles. The summed E-state index contributed by atoms with van der Waals surface area (Å²) in [6.07, 6.45) is 12.2. The molecule has 206 valence electrons. The molecule has 7 heteroatoms. The molecule has 1 atom stereocenters. The zero-order chi connectivity index (χ0) is 28.5. The number of nitrogens with two attached hydrogens (primary N) is 1. The number of ether oxygens (including phenoxy) is 1. The average Bonchev–Trinajstić information content (AvgIpc) is 3.74. The topological polar surface area (TPSA) is 98.0 Å². The number of nitrogens with zero attached hydrogens (tertiary/aromatic N) is 2. The Labute approximate surface area is 243 Å². The van der Waals surface area contributed by atoms with Crippen LogP contribution in [-0.2, 0) is 11.2 Å². The monoisotopic (exact) mass is 551 g/mol. The third kappa shape index (κ3) is 5.09. The molecule has 1 amide bonds. The molecule has 0 spiro atoms. The van der Waals surface area contributed by atoms with Gasteiger partial charge in [-0.3, -0.25) is 9.78 Å². The van der Waals surface area contributed by atoms with Crippen molar-refractivity contribution in [2.75, 3.05) is 11.9 Å². The SMILES string of the molecule is N[C@@H](COc1cncc(-c2ccc3c(c2)C(=Cc2ccn(-c4ccccc4)c2)C(=O)N3)c1)Cc1c[nH]c2ccccc12. The Kier molecular flexibility index (Phi) is 6.62. The molecule has 3 aromatic heterocycles. The first-order chi connectivity index (χ1) is 20.6. The van der Waals surface area contributed by atoms with E-state index >= 15 is 0 Å². The quantitative estimate of drug-likeness (QED) is 0.189. The van der Waals surface area contributed by atoms with E-state index in [2.05, 4.69) is 27.4 Å². The Bertz CT molecular complexity index is 1940. The number of pyridine rings is 1. The van der Waals surface area contributed by atoms with Crippen molar-refractivity contribution >= 4 is 34.1 Å². The van der Waals surface area contributed by atoms with Gasteiger partial charge in [-0.2, -0.15) is 0 Å². The Hall–Kier alpha value is -5.40. The number of nitrogens with one attached hydrogen (secondary N) is 2. The second kappa shape index (κ2) is 10.9. The van der Waals surface area contributed by atoms with Crippen molar-refractivity contribution in [1.82, 2.24) is 14.5 Å². The van der Waals surface area contributed by atoms with Crippen LogP contribution in [0.4, 0.5) is 5.69 Å². The van der Waals surface area contributed by atoms with Gasteiger partial charge in [0.1, 0.15) is 12.4 Å². The van der Waals surface area contributed by atoms with E-state index in [9.17, 15) is 4.79 Å². The lowest BCUT2D eigenvalue weighted by Gasteiger charge is -2.13. The zero-order valence-corrected chi connectivity index (χ0v) is 22.8. The maximum atomic E-state index is 12.9. The lowest BCUT2D eigenvalue weighted by molar-refractivity contribution is -0.110. The molecule has 0 unspecified atom stereocenters. The Balaban J connectivity index is 1.08. The molecule has 0 bridgehead atoms. The molecule has 0 aliphatic carbocycles. The molecule has 3 aromatic carbocycles.